The van der Waals surface area contributed by atoms with Crippen LogP contribution in [-0.4, -0.2) is 30.1 Å². The van der Waals surface area contributed by atoms with E-state index in [1.807, 2.05) is 24.3 Å². The van der Waals surface area contributed by atoms with E-state index in [1.54, 1.807) is 0 Å². The molecule has 2 aliphatic carbocycles. The summed E-state index contributed by atoms with van der Waals surface area (Å²) in [5, 5.41) is 8.70. The van der Waals surface area contributed by atoms with Crippen LogP contribution in [0.25, 0.3) is 0 Å². The molecule has 3 nitrogen and oxygen atoms in total. The summed E-state index contributed by atoms with van der Waals surface area (Å²) >= 11 is 0. The molecule has 2 atom stereocenters. The van der Waals surface area contributed by atoms with Gasteiger partial charge in [0.15, 0.2) is 0 Å². The minimum absolute atomic E-state index is 0.0555. The zero-order chi connectivity index (χ0) is 17.4. The standard InChI is InChI=1S/C18H19F3N2O/c19-18(20,21)8-11-23(10-3-9-22)16(24)15-12-17(15)7-6-13-4-1-2-5-14(13)17/h1-2,4-5,15H,3,6-8,10-12H2/t15-,17-/m0/s1. The van der Waals surface area contributed by atoms with E-state index >= 15 is 0 Å². The highest BCUT2D eigenvalue weighted by Crippen LogP contribution is 2.62. The zero-order valence-corrected chi connectivity index (χ0v) is 13.3. The molecule has 0 heterocycles. The Morgan fingerprint density at radius 1 is 1.33 bits per heavy atom. The average molecular weight is 336 g/mol. The van der Waals surface area contributed by atoms with E-state index < -0.39 is 12.6 Å². The van der Waals surface area contributed by atoms with Gasteiger partial charge in [0.1, 0.15) is 0 Å². The van der Waals surface area contributed by atoms with Crippen molar-refractivity contribution >= 4 is 5.91 Å². The fourth-order valence-corrected chi connectivity index (χ4v) is 3.92. The Balaban J connectivity index is 1.72. The van der Waals surface area contributed by atoms with Gasteiger partial charge >= 0.3 is 6.18 Å². The van der Waals surface area contributed by atoms with Crippen molar-refractivity contribution in [3.63, 3.8) is 0 Å². The minimum atomic E-state index is -4.30. The number of benzene rings is 1. The Hall–Kier alpha value is -2.03. The third-order valence-corrected chi connectivity index (χ3v) is 5.24. The van der Waals surface area contributed by atoms with Gasteiger partial charge in [-0.3, -0.25) is 4.79 Å². The van der Waals surface area contributed by atoms with Crippen LogP contribution in [0.3, 0.4) is 0 Å². The molecule has 1 fully saturated rings. The number of halogens is 3. The lowest BCUT2D eigenvalue weighted by Crippen LogP contribution is -2.37. The number of carbonyl (C=O) groups excluding carboxylic acids is 1. The Kier molecular flexibility index (Phi) is 4.29. The van der Waals surface area contributed by atoms with Gasteiger partial charge in [-0.15, -0.1) is 0 Å². The van der Waals surface area contributed by atoms with Crippen LogP contribution in [0.5, 0.6) is 0 Å². The summed E-state index contributed by atoms with van der Waals surface area (Å²) in [6.45, 7) is -0.294. The maximum Gasteiger partial charge on any atom is 0.390 e. The van der Waals surface area contributed by atoms with Crippen molar-refractivity contribution < 1.29 is 18.0 Å². The SMILES string of the molecule is N#CCCN(CCC(F)(F)F)C(=O)[C@@H]1C[C@]12CCc1ccccc12. The first-order valence-corrected chi connectivity index (χ1v) is 8.18. The van der Waals surface area contributed by atoms with Crippen LogP contribution in [0.15, 0.2) is 24.3 Å². The molecule has 1 spiro atoms. The third-order valence-electron chi connectivity index (χ3n) is 5.24. The van der Waals surface area contributed by atoms with Gasteiger partial charge in [-0.2, -0.15) is 18.4 Å². The second-order valence-corrected chi connectivity index (χ2v) is 6.67. The van der Waals surface area contributed by atoms with Gasteiger partial charge in [0.25, 0.3) is 0 Å². The Labute approximate surface area is 139 Å². The molecular formula is C18H19F3N2O. The van der Waals surface area contributed by atoms with E-state index in [0.717, 1.165) is 12.8 Å². The Morgan fingerprint density at radius 3 is 2.79 bits per heavy atom. The molecule has 0 N–H and O–H groups in total. The molecule has 24 heavy (non-hydrogen) atoms. The fraction of sp³-hybridized carbons (Fsp3) is 0.556. The molecule has 0 saturated heterocycles. The predicted octanol–water partition coefficient (Wildman–Crippen LogP) is 3.59. The highest BCUT2D eigenvalue weighted by atomic mass is 19.4. The van der Waals surface area contributed by atoms with Crippen molar-refractivity contribution in [2.75, 3.05) is 13.1 Å². The quantitative estimate of drug-likeness (QED) is 0.825. The number of aryl methyl sites for hydroxylation is 1. The maximum atomic E-state index is 12.7. The monoisotopic (exact) mass is 336 g/mol. The first-order valence-electron chi connectivity index (χ1n) is 8.18. The van der Waals surface area contributed by atoms with Crippen LogP contribution >= 0.6 is 0 Å². The molecule has 0 aromatic heterocycles. The van der Waals surface area contributed by atoms with E-state index in [-0.39, 0.29) is 36.8 Å². The van der Waals surface area contributed by atoms with E-state index in [1.165, 1.54) is 16.0 Å². The highest BCUT2D eigenvalue weighted by Gasteiger charge is 2.62. The van der Waals surface area contributed by atoms with Crippen LogP contribution in [0.1, 0.15) is 36.8 Å². The van der Waals surface area contributed by atoms with E-state index in [9.17, 15) is 18.0 Å². The van der Waals surface area contributed by atoms with Crippen molar-refractivity contribution in [2.45, 2.75) is 43.7 Å². The van der Waals surface area contributed by atoms with Crippen LogP contribution in [0.4, 0.5) is 13.2 Å². The van der Waals surface area contributed by atoms with Crippen LogP contribution in [0, 0.1) is 17.2 Å². The molecule has 2 aliphatic rings. The molecule has 1 aromatic carbocycles. The molecule has 0 aliphatic heterocycles. The first-order chi connectivity index (χ1) is 11.4. The summed E-state index contributed by atoms with van der Waals surface area (Å²) in [5.74, 6) is -0.473. The maximum absolute atomic E-state index is 12.7. The summed E-state index contributed by atoms with van der Waals surface area (Å²) in [5.41, 5.74) is 2.24. The molecule has 1 saturated carbocycles. The largest absolute Gasteiger partial charge is 0.390 e. The lowest BCUT2D eigenvalue weighted by Gasteiger charge is -2.24. The van der Waals surface area contributed by atoms with Crippen molar-refractivity contribution in [2.24, 2.45) is 5.92 Å². The summed E-state index contributed by atoms with van der Waals surface area (Å²) in [6.07, 6.45) is -2.76. The lowest BCUT2D eigenvalue weighted by molar-refractivity contribution is -0.146. The summed E-state index contributed by atoms with van der Waals surface area (Å²) in [7, 11) is 0. The molecule has 0 unspecified atom stereocenters. The van der Waals surface area contributed by atoms with Gasteiger partial charge in [-0.1, -0.05) is 24.3 Å². The number of carbonyl (C=O) groups is 1. The van der Waals surface area contributed by atoms with Crippen molar-refractivity contribution in [1.82, 2.24) is 4.90 Å². The lowest BCUT2D eigenvalue weighted by atomic mass is 9.95. The predicted molar refractivity (Wildman–Crippen MR) is 82.0 cm³/mol. The van der Waals surface area contributed by atoms with Gasteiger partial charge in [0, 0.05) is 24.4 Å². The fourth-order valence-electron chi connectivity index (χ4n) is 3.92. The van der Waals surface area contributed by atoms with Crippen molar-refractivity contribution in [3.8, 4) is 6.07 Å². The Morgan fingerprint density at radius 2 is 2.08 bits per heavy atom. The molecular weight excluding hydrogens is 317 g/mol. The molecule has 6 heteroatoms. The molecule has 1 aromatic rings. The molecule has 1 amide bonds. The normalized spacial score (nSPS) is 24.5. The smallest absolute Gasteiger partial charge is 0.341 e. The van der Waals surface area contributed by atoms with E-state index in [2.05, 4.69) is 6.07 Å². The third kappa shape index (κ3) is 3.12. The number of nitrogens with zero attached hydrogens (tertiary/aromatic N) is 2. The minimum Gasteiger partial charge on any atom is -0.341 e. The number of amides is 1. The number of fused-ring (bicyclic) bond motifs is 2. The molecule has 0 radical (unpaired) electrons. The second-order valence-electron chi connectivity index (χ2n) is 6.67. The van der Waals surface area contributed by atoms with E-state index in [4.69, 9.17) is 5.26 Å². The number of rotatable bonds is 5. The summed E-state index contributed by atoms with van der Waals surface area (Å²) < 4.78 is 37.5. The topological polar surface area (TPSA) is 44.1 Å². The zero-order valence-electron chi connectivity index (χ0n) is 13.3. The highest BCUT2D eigenvalue weighted by molar-refractivity contribution is 5.85. The van der Waals surface area contributed by atoms with Crippen LogP contribution in [0.2, 0.25) is 0 Å². The van der Waals surface area contributed by atoms with Crippen molar-refractivity contribution in [3.05, 3.63) is 35.4 Å². The second kappa shape index (κ2) is 6.12. The number of hydrogen-bond donors (Lipinski definition) is 0. The molecule has 3 rings (SSSR count). The van der Waals surface area contributed by atoms with Gasteiger partial charge < -0.3 is 4.90 Å². The molecule has 128 valence electrons. The molecule has 0 bridgehead atoms. The van der Waals surface area contributed by atoms with Gasteiger partial charge in [0.2, 0.25) is 5.91 Å². The Bertz CT molecular complexity index is 680. The van der Waals surface area contributed by atoms with Gasteiger partial charge in [-0.25, -0.2) is 0 Å². The average Bonchev–Trinajstić information content (AvgIpc) is 3.15. The summed E-state index contributed by atoms with van der Waals surface area (Å²) in [6, 6.07) is 9.92. The first kappa shape index (κ1) is 16.8. The van der Waals surface area contributed by atoms with E-state index in [0.29, 0.717) is 6.42 Å². The summed E-state index contributed by atoms with van der Waals surface area (Å²) in [4.78, 5) is 14.0. The van der Waals surface area contributed by atoms with Gasteiger partial charge in [0.05, 0.1) is 18.9 Å². The van der Waals surface area contributed by atoms with Gasteiger partial charge in [-0.05, 0) is 30.4 Å². The van der Waals surface area contributed by atoms with Crippen LogP contribution in [-0.2, 0) is 16.6 Å². The number of alkyl halides is 3. The number of hydrogen-bond acceptors (Lipinski definition) is 2. The van der Waals surface area contributed by atoms with Crippen molar-refractivity contribution in [1.29, 1.82) is 5.26 Å². The number of nitriles is 1. The van der Waals surface area contributed by atoms with Crippen LogP contribution < -0.4 is 0 Å².